The van der Waals surface area contributed by atoms with Crippen LogP contribution in [-0.4, -0.2) is 15.9 Å². The molecule has 0 unspecified atom stereocenters. The Kier molecular flexibility index (Phi) is 6.04. The molecule has 0 fully saturated rings. The van der Waals surface area contributed by atoms with Gasteiger partial charge in [0.2, 0.25) is 5.95 Å². The van der Waals surface area contributed by atoms with E-state index >= 15 is 0 Å². The Labute approximate surface area is 166 Å². The summed E-state index contributed by atoms with van der Waals surface area (Å²) in [4.78, 5) is 21.3. The number of aryl methyl sites for hydroxylation is 2. The van der Waals surface area contributed by atoms with E-state index in [2.05, 4.69) is 46.6 Å². The fourth-order valence-corrected chi connectivity index (χ4v) is 2.80. The Morgan fingerprint density at radius 3 is 2.29 bits per heavy atom. The number of anilines is 2. The monoisotopic (exact) mass is 374 g/mol. The van der Waals surface area contributed by atoms with Crippen molar-refractivity contribution in [1.82, 2.24) is 15.3 Å². The first-order chi connectivity index (χ1) is 13.4. The molecule has 5 heteroatoms. The number of hydrogen-bond acceptors (Lipinski definition) is 4. The molecular formula is C23H26N4O. The maximum absolute atomic E-state index is 12.5. The van der Waals surface area contributed by atoms with E-state index in [1.54, 1.807) is 6.07 Å². The Bertz CT molecular complexity index is 947. The SMILES string of the molecule is Cc1ccc(CNC(=O)c2cc(C)nc(Nc3ccc(C(C)C)cc3)n2)cc1. The smallest absolute Gasteiger partial charge is 0.270 e. The number of amides is 1. The lowest BCUT2D eigenvalue weighted by Gasteiger charge is -2.10. The lowest BCUT2D eigenvalue weighted by Crippen LogP contribution is -2.24. The van der Waals surface area contributed by atoms with E-state index in [1.807, 2.05) is 50.2 Å². The summed E-state index contributed by atoms with van der Waals surface area (Å²) in [6.07, 6.45) is 0. The normalized spacial score (nSPS) is 10.8. The molecule has 2 N–H and O–H groups in total. The Morgan fingerprint density at radius 1 is 0.964 bits per heavy atom. The van der Waals surface area contributed by atoms with Gasteiger partial charge in [0.25, 0.3) is 5.91 Å². The Balaban J connectivity index is 1.69. The summed E-state index contributed by atoms with van der Waals surface area (Å²) in [6, 6.07) is 17.9. The van der Waals surface area contributed by atoms with Gasteiger partial charge in [0.1, 0.15) is 5.69 Å². The quantitative estimate of drug-likeness (QED) is 0.645. The highest BCUT2D eigenvalue weighted by atomic mass is 16.1. The van der Waals surface area contributed by atoms with E-state index in [9.17, 15) is 4.79 Å². The van der Waals surface area contributed by atoms with Crippen molar-refractivity contribution >= 4 is 17.5 Å². The van der Waals surface area contributed by atoms with Crippen LogP contribution in [0.1, 0.15) is 52.6 Å². The molecule has 0 radical (unpaired) electrons. The van der Waals surface area contributed by atoms with Crippen molar-refractivity contribution in [1.29, 1.82) is 0 Å². The number of carbonyl (C=O) groups is 1. The molecule has 144 valence electrons. The van der Waals surface area contributed by atoms with E-state index in [0.29, 0.717) is 24.1 Å². The van der Waals surface area contributed by atoms with E-state index in [-0.39, 0.29) is 5.91 Å². The number of nitrogens with one attached hydrogen (secondary N) is 2. The molecule has 0 atom stereocenters. The molecule has 0 spiro atoms. The third-order valence-corrected chi connectivity index (χ3v) is 4.49. The van der Waals surface area contributed by atoms with Crippen LogP contribution in [0, 0.1) is 13.8 Å². The molecule has 0 saturated heterocycles. The number of rotatable bonds is 6. The van der Waals surface area contributed by atoms with Crippen LogP contribution >= 0.6 is 0 Å². The van der Waals surface area contributed by atoms with Crippen molar-refractivity contribution in [3.63, 3.8) is 0 Å². The van der Waals surface area contributed by atoms with Gasteiger partial charge in [-0.05, 0) is 49.1 Å². The highest BCUT2D eigenvalue weighted by Crippen LogP contribution is 2.19. The summed E-state index contributed by atoms with van der Waals surface area (Å²) in [5.41, 5.74) is 5.48. The van der Waals surface area contributed by atoms with Gasteiger partial charge in [-0.1, -0.05) is 55.8 Å². The van der Waals surface area contributed by atoms with E-state index < -0.39 is 0 Å². The largest absolute Gasteiger partial charge is 0.347 e. The minimum Gasteiger partial charge on any atom is -0.347 e. The van der Waals surface area contributed by atoms with Crippen LogP contribution in [0.4, 0.5) is 11.6 Å². The predicted molar refractivity (Wildman–Crippen MR) is 113 cm³/mol. The number of carbonyl (C=O) groups excluding carboxylic acids is 1. The average Bonchev–Trinajstić information content (AvgIpc) is 2.67. The molecule has 0 aliphatic heterocycles. The lowest BCUT2D eigenvalue weighted by atomic mass is 10.0. The van der Waals surface area contributed by atoms with Crippen LogP contribution < -0.4 is 10.6 Å². The molecule has 0 aliphatic carbocycles. The summed E-state index contributed by atoms with van der Waals surface area (Å²) < 4.78 is 0. The second kappa shape index (κ2) is 8.65. The second-order valence-electron chi connectivity index (χ2n) is 7.29. The molecule has 3 aromatic rings. The summed E-state index contributed by atoms with van der Waals surface area (Å²) in [6.45, 7) is 8.67. The summed E-state index contributed by atoms with van der Waals surface area (Å²) >= 11 is 0. The molecular weight excluding hydrogens is 348 g/mol. The maximum Gasteiger partial charge on any atom is 0.270 e. The molecule has 0 saturated carbocycles. The van der Waals surface area contributed by atoms with Gasteiger partial charge in [0, 0.05) is 17.9 Å². The number of benzene rings is 2. The third kappa shape index (κ3) is 5.16. The average molecular weight is 374 g/mol. The van der Waals surface area contributed by atoms with Gasteiger partial charge in [-0.2, -0.15) is 0 Å². The minimum absolute atomic E-state index is 0.218. The lowest BCUT2D eigenvalue weighted by molar-refractivity contribution is 0.0945. The molecule has 1 amide bonds. The van der Waals surface area contributed by atoms with Gasteiger partial charge in [0.15, 0.2) is 0 Å². The van der Waals surface area contributed by atoms with Crippen LogP contribution in [0.5, 0.6) is 0 Å². The topological polar surface area (TPSA) is 66.9 Å². The van der Waals surface area contributed by atoms with Gasteiger partial charge < -0.3 is 10.6 Å². The fraction of sp³-hybridized carbons (Fsp3) is 0.261. The molecule has 28 heavy (non-hydrogen) atoms. The molecule has 2 aromatic carbocycles. The molecule has 3 rings (SSSR count). The molecule has 1 aromatic heterocycles. The first-order valence-electron chi connectivity index (χ1n) is 9.47. The molecule has 5 nitrogen and oxygen atoms in total. The second-order valence-corrected chi connectivity index (χ2v) is 7.29. The van der Waals surface area contributed by atoms with Crippen molar-refractivity contribution in [3.05, 3.63) is 82.7 Å². The first kappa shape index (κ1) is 19.5. The summed E-state index contributed by atoms with van der Waals surface area (Å²) in [5, 5.41) is 6.10. The van der Waals surface area contributed by atoms with E-state index in [0.717, 1.165) is 16.9 Å². The number of aromatic nitrogens is 2. The molecule has 0 bridgehead atoms. The Morgan fingerprint density at radius 2 is 1.64 bits per heavy atom. The van der Waals surface area contributed by atoms with Gasteiger partial charge in [-0.25, -0.2) is 9.97 Å². The molecule has 1 heterocycles. The van der Waals surface area contributed by atoms with Gasteiger partial charge >= 0.3 is 0 Å². The van der Waals surface area contributed by atoms with Crippen molar-refractivity contribution in [2.75, 3.05) is 5.32 Å². The zero-order valence-electron chi connectivity index (χ0n) is 16.8. The minimum atomic E-state index is -0.218. The third-order valence-electron chi connectivity index (χ3n) is 4.49. The van der Waals surface area contributed by atoms with Crippen LogP contribution in [-0.2, 0) is 6.54 Å². The fourth-order valence-electron chi connectivity index (χ4n) is 2.80. The maximum atomic E-state index is 12.5. The first-order valence-corrected chi connectivity index (χ1v) is 9.47. The van der Waals surface area contributed by atoms with Gasteiger partial charge in [-0.3, -0.25) is 4.79 Å². The highest BCUT2D eigenvalue weighted by Gasteiger charge is 2.11. The van der Waals surface area contributed by atoms with Crippen molar-refractivity contribution < 1.29 is 4.79 Å². The summed E-state index contributed by atoms with van der Waals surface area (Å²) in [5.74, 6) is 0.676. The standard InChI is InChI=1S/C23H26N4O/c1-15(2)19-9-11-20(12-10-19)26-23-25-17(4)13-21(27-23)22(28)24-14-18-7-5-16(3)6-8-18/h5-13,15H,14H2,1-4H3,(H,24,28)(H,25,26,27). The summed E-state index contributed by atoms with van der Waals surface area (Å²) in [7, 11) is 0. The van der Waals surface area contributed by atoms with Gasteiger partial charge in [-0.15, -0.1) is 0 Å². The van der Waals surface area contributed by atoms with E-state index in [4.69, 9.17) is 0 Å². The molecule has 0 aliphatic rings. The van der Waals surface area contributed by atoms with Crippen LogP contribution in [0.15, 0.2) is 54.6 Å². The Hall–Kier alpha value is -3.21. The zero-order chi connectivity index (χ0) is 20.1. The van der Waals surface area contributed by atoms with Crippen LogP contribution in [0.25, 0.3) is 0 Å². The van der Waals surface area contributed by atoms with Crippen molar-refractivity contribution in [3.8, 4) is 0 Å². The number of hydrogen-bond donors (Lipinski definition) is 2. The highest BCUT2D eigenvalue weighted by molar-refractivity contribution is 5.92. The van der Waals surface area contributed by atoms with Crippen molar-refractivity contribution in [2.45, 2.75) is 40.2 Å². The number of nitrogens with zero attached hydrogens (tertiary/aromatic N) is 2. The van der Waals surface area contributed by atoms with Crippen molar-refractivity contribution in [2.24, 2.45) is 0 Å². The van der Waals surface area contributed by atoms with Gasteiger partial charge in [0.05, 0.1) is 0 Å². The van der Waals surface area contributed by atoms with Crippen LogP contribution in [0.2, 0.25) is 0 Å². The van der Waals surface area contributed by atoms with Crippen LogP contribution in [0.3, 0.4) is 0 Å². The van der Waals surface area contributed by atoms with E-state index in [1.165, 1.54) is 11.1 Å². The zero-order valence-corrected chi connectivity index (χ0v) is 16.8. The predicted octanol–water partition coefficient (Wildman–Crippen LogP) is 4.89.